The highest BCUT2D eigenvalue weighted by Crippen LogP contribution is 2.45. The van der Waals surface area contributed by atoms with Crippen molar-refractivity contribution >= 4 is 11.0 Å². The summed E-state index contributed by atoms with van der Waals surface area (Å²) in [5.41, 5.74) is 19.0. The summed E-state index contributed by atoms with van der Waals surface area (Å²) in [5, 5.41) is 12.4. The molecule has 74 heavy (non-hydrogen) atoms. The van der Waals surface area contributed by atoms with Crippen LogP contribution in [0.5, 0.6) is 5.75 Å². The lowest BCUT2D eigenvalue weighted by molar-refractivity contribution is 0.479. The lowest BCUT2D eigenvalue weighted by Crippen LogP contribution is -2.25. The van der Waals surface area contributed by atoms with Crippen LogP contribution < -0.4 is 0 Å². The highest BCUT2D eigenvalue weighted by atomic mass is 16.3. The Kier molecular flexibility index (Phi) is 12.3. The van der Waals surface area contributed by atoms with E-state index in [1.807, 2.05) is 54.7 Å². The maximum Gasteiger partial charge on any atom is 0.149 e. The molecule has 0 bridgehead atoms. The van der Waals surface area contributed by atoms with Crippen LogP contribution in [-0.4, -0.2) is 19.6 Å². The molecule has 0 fully saturated rings. The summed E-state index contributed by atoms with van der Waals surface area (Å²) >= 11 is 0. The average Bonchev–Trinajstić information content (AvgIpc) is 3.83. The van der Waals surface area contributed by atoms with Crippen LogP contribution in [0.2, 0.25) is 0 Å². The predicted molar refractivity (Wildman–Crippen MR) is 309 cm³/mol. The Morgan fingerprint density at radius 1 is 0.365 bits per heavy atom. The van der Waals surface area contributed by atoms with E-state index in [9.17, 15) is 5.11 Å². The second kappa shape index (κ2) is 19.1. The number of aromatic hydroxyl groups is 1. The van der Waals surface area contributed by atoms with Crippen LogP contribution in [0.15, 0.2) is 237 Å². The van der Waals surface area contributed by atoms with Crippen LogP contribution >= 0.6 is 0 Å². The third-order valence-corrected chi connectivity index (χ3v) is 14.9. The van der Waals surface area contributed by atoms with E-state index in [0.29, 0.717) is 11.4 Å². The van der Waals surface area contributed by atoms with Crippen LogP contribution in [0.25, 0.3) is 83.9 Å². The molecule has 0 unspecified atom stereocenters. The minimum Gasteiger partial charge on any atom is -0.507 e. The number of phenols is 1. The molecule has 0 amide bonds. The van der Waals surface area contributed by atoms with Crippen molar-refractivity contribution in [2.24, 2.45) is 0 Å². The van der Waals surface area contributed by atoms with Gasteiger partial charge in [-0.1, -0.05) is 224 Å². The molecule has 9 aromatic carbocycles. The first-order valence-electron chi connectivity index (χ1n) is 25.7. The molecule has 0 radical (unpaired) electrons. The first-order chi connectivity index (χ1) is 35.8. The van der Waals surface area contributed by atoms with E-state index < -0.39 is 0 Å². The number of phenolic OH excluding ortho intramolecular Hbond substituents is 1. The van der Waals surface area contributed by atoms with Crippen molar-refractivity contribution in [3.63, 3.8) is 0 Å². The smallest absolute Gasteiger partial charge is 0.149 e. The number of para-hydroxylation sites is 2. The fourth-order valence-electron chi connectivity index (χ4n) is 10.5. The molecular weight excluding hydrogens is 899 g/mol. The zero-order chi connectivity index (χ0) is 51.2. The zero-order valence-corrected chi connectivity index (χ0v) is 43.3. The van der Waals surface area contributed by atoms with Crippen molar-refractivity contribution in [2.45, 2.75) is 64.7 Å². The van der Waals surface area contributed by atoms with E-state index in [2.05, 4.69) is 235 Å². The first-order valence-corrected chi connectivity index (χ1v) is 25.7. The summed E-state index contributed by atoms with van der Waals surface area (Å²) in [5.74, 6) is 0.840. The van der Waals surface area contributed by atoms with Crippen LogP contribution in [-0.2, 0) is 16.2 Å². The molecule has 1 N–H and O–H groups in total. The highest BCUT2D eigenvalue weighted by molar-refractivity contribution is 5.98. The van der Waals surface area contributed by atoms with Crippen LogP contribution in [0, 0.1) is 0 Å². The summed E-state index contributed by atoms with van der Waals surface area (Å²) in [6.45, 7) is 15.9. The summed E-state index contributed by atoms with van der Waals surface area (Å²) in [6, 6.07) is 81.8. The Morgan fingerprint density at radius 2 is 0.892 bits per heavy atom. The predicted octanol–water partition coefficient (Wildman–Crippen LogP) is 18.1. The average molecular weight is 960 g/mol. The monoisotopic (exact) mass is 959 g/mol. The van der Waals surface area contributed by atoms with Gasteiger partial charge in [-0.05, 0) is 122 Å². The van der Waals surface area contributed by atoms with E-state index in [1.54, 1.807) is 0 Å². The minimum atomic E-state index is -0.332. The van der Waals surface area contributed by atoms with E-state index in [1.165, 1.54) is 27.8 Å². The molecule has 362 valence electrons. The number of imidazole rings is 1. The normalized spacial score (nSPS) is 12.0. The zero-order valence-electron chi connectivity index (χ0n) is 43.3. The molecule has 4 heteroatoms. The third-order valence-electron chi connectivity index (χ3n) is 14.9. The molecular formula is C70H61N3O. The van der Waals surface area contributed by atoms with Gasteiger partial charge in [-0.15, -0.1) is 0 Å². The Morgan fingerprint density at radius 3 is 1.51 bits per heavy atom. The van der Waals surface area contributed by atoms with Crippen molar-refractivity contribution < 1.29 is 5.11 Å². The number of hydrogen-bond donors (Lipinski definition) is 1. The third kappa shape index (κ3) is 8.92. The largest absolute Gasteiger partial charge is 0.507 e. The van der Waals surface area contributed by atoms with E-state index in [0.717, 1.165) is 72.5 Å². The van der Waals surface area contributed by atoms with Crippen molar-refractivity contribution in [1.82, 2.24) is 14.5 Å². The van der Waals surface area contributed by atoms with Gasteiger partial charge in [0.15, 0.2) is 0 Å². The standard InChI is InChI=1S/C70H61N3O/c1-68(2,3)56-38-39-63(61(46-56)49-24-14-9-15-25-49)73-64-33-21-30-58(65(64)72-67(73)60-32-20-31-59(66(60)74)48-22-12-8-13-23-48)51-42-52(44-57(43-51)69(4,5)6)62-45-50(40-41-71-62)47-34-36-55(37-35-47)70(7,53-26-16-10-17-27-53)54-28-18-11-19-29-54/h8-46,74H,1-7H3. The maximum absolute atomic E-state index is 12.4. The quantitative estimate of drug-likeness (QED) is 0.139. The van der Waals surface area contributed by atoms with Gasteiger partial charge < -0.3 is 5.11 Å². The Labute approximate surface area is 436 Å². The molecule has 0 saturated carbocycles. The van der Waals surface area contributed by atoms with Gasteiger partial charge in [0.1, 0.15) is 11.6 Å². The highest BCUT2D eigenvalue weighted by Gasteiger charge is 2.31. The molecule has 0 aliphatic heterocycles. The first kappa shape index (κ1) is 47.7. The Hall–Kier alpha value is -8.60. The Bertz CT molecular complexity index is 3750. The van der Waals surface area contributed by atoms with Crippen molar-refractivity contribution in [1.29, 1.82) is 0 Å². The van der Waals surface area contributed by atoms with Crippen LogP contribution in [0.3, 0.4) is 0 Å². The number of pyridine rings is 1. The van der Waals surface area contributed by atoms with E-state index in [-0.39, 0.29) is 22.0 Å². The van der Waals surface area contributed by atoms with Crippen LogP contribution in [0.1, 0.15) is 76.3 Å². The van der Waals surface area contributed by atoms with Gasteiger partial charge in [-0.2, -0.15) is 0 Å². The fraction of sp³-hybridized carbons (Fsp3) is 0.143. The molecule has 0 atom stereocenters. The summed E-state index contributed by atoms with van der Waals surface area (Å²) in [7, 11) is 0. The van der Waals surface area contributed by atoms with E-state index in [4.69, 9.17) is 9.97 Å². The van der Waals surface area contributed by atoms with Crippen molar-refractivity contribution in [2.75, 3.05) is 0 Å². The van der Waals surface area contributed by atoms with Crippen molar-refractivity contribution in [3.8, 4) is 78.6 Å². The van der Waals surface area contributed by atoms with Crippen LogP contribution in [0.4, 0.5) is 0 Å². The molecule has 0 aliphatic carbocycles. The van der Waals surface area contributed by atoms with Gasteiger partial charge in [-0.25, -0.2) is 4.98 Å². The number of benzene rings is 9. The molecule has 0 aliphatic rings. The molecule has 11 rings (SSSR count). The minimum absolute atomic E-state index is 0.0840. The molecule has 2 aromatic heterocycles. The Balaban J connectivity index is 1.07. The SMILES string of the molecule is CC(C)(C)c1cc(-c2cc(-c3ccc(C(C)(c4ccccc4)c4ccccc4)cc3)ccn2)cc(-c2cccc3c2nc(-c2cccc(-c4ccccc4)c2O)n3-c2ccc(C(C)(C)C)cc2-c2ccccc2)c1. The van der Waals surface area contributed by atoms with E-state index >= 15 is 0 Å². The number of aromatic nitrogens is 3. The topological polar surface area (TPSA) is 50.9 Å². The molecule has 0 spiro atoms. The summed E-state index contributed by atoms with van der Waals surface area (Å²) < 4.78 is 2.25. The number of fused-ring (bicyclic) bond motifs is 1. The molecule has 0 saturated heterocycles. The van der Waals surface area contributed by atoms with Gasteiger partial charge >= 0.3 is 0 Å². The van der Waals surface area contributed by atoms with Gasteiger partial charge in [0.25, 0.3) is 0 Å². The number of hydrogen-bond acceptors (Lipinski definition) is 3. The maximum atomic E-state index is 12.4. The fourth-order valence-corrected chi connectivity index (χ4v) is 10.5. The van der Waals surface area contributed by atoms with Crippen molar-refractivity contribution in [3.05, 3.63) is 265 Å². The van der Waals surface area contributed by atoms with Gasteiger partial charge in [-0.3, -0.25) is 9.55 Å². The second-order valence-electron chi connectivity index (χ2n) is 21.8. The summed E-state index contributed by atoms with van der Waals surface area (Å²) in [6.07, 6.45) is 1.93. The summed E-state index contributed by atoms with van der Waals surface area (Å²) in [4.78, 5) is 10.7. The lowest BCUT2D eigenvalue weighted by Gasteiger charge is -2.32. The molecule has 4 nitrogen and oxygen atoms in total. The molecule has 2 heterocycles. The van der Waals surface area contributed by atoms with Gasteiger partial charge in [0.2, 0.25) is 0 Å². The van der Waals surface area contributed by atoms with Gasteiger partial charge in [0.05, 0.1) is 28.0 Å². The second-order valence-corrected chi connectivity index (χ2v) is 21.8. The van der Waals surface area contributed by atoms with Gasteiger partial charge in [0, 0.05) is 33.9 Å². The number of nitrogens with zero attached hydrogens (tertiary/aromatic N) is 3. The molecule has 11 aromatic rings. The number of rotatable bonds is 10. The lowest BCUT2D eigenvalue weighted by atomic mass is 9.71.